The summed E-state index contributed by atoms with van der Waals surface area (Å²) in [5.41, 5.74) is 2.92. The minimum absolute atomic E-state index is 0.301. The molecule has 1 amide bonds. The molecule has 0 bridgehead atoms. The first-order valence-electron chi connectivity index (χ1n) is 8.13. The molecule has 26 heavy (non-hydrogen) atoms. The molecular weight excluding hydrogens is 333 g/mol. The van der Waals surface area contributed by atoms with Crippen molar-refractivity contribution in [3.8, 4) is 0 Å². The molecule has 0 unspecified atom stereocenters. The van der Waals surface area contributed by atoms with Crippen LogP contribution in [-0.4, -0.2) is 25.7 Å². The van der Waals surface area contributed by atoms with Crippen LogP contribution in [0.1, 0.15) is 21.6 Å². The number of nitrogens with one attached hydrogen (secondary N) is 2. The second-order valence-corrected chi connectivity index (χ2v) is 5.89. The fourth-order valence-electron chi connectivity index (χ4n) is 2.80. The normalized spacial score (nSPS) is 11.0. The number of benzene rings is 2. The number of rotatable bonds is 5. The highest BCUT2D eigenvalue weighted by molar-refractivity contribution is 6.06. The Morgan fingerprint density at radius 2 is 1.88 bits per heavy atom. The van der Waals surface area contributed by atoms with E-state index in [0.717, 1.165) is 16.5 Å². The number of halogens is 1. The lowest BCUT2D eigenvalue weighted by atomic mass is 10.1. The number of nitrogens with zero attached hydrogens (tertiary/aromatic N) is 3. The highest BCUT2D eigenvalue weighted by atomic mass is 19.1. The quantitative estimate of drug-likeness (QED) is 0.579. The molecule has 0 aliphatic heterocycles. The van der Waals surface area contributed by atoms with E-state index in [1.165, 1.54) is 12.5 Å². The zero-order valence-electron chi connectivity index (χ0n) is 13.8. The van der Waals surface area contributed by atoms with Crippen LogP contribution in [0.5, 0.6) is 0 Å². The molecular formula is C19H16FN5O. The minimum atomic E-state index is -0.477. The van der Waals surface area contributed by atoms with E-state index in [-0.39, 0.29) is 5.91 Å². The van der Waals surface area contributed by atoms with Gasteiger partial charge in [-0.15, -0.1) is 0 Å². The van der Waals surface area contributed by atoms with Crippen molar-refractivity contribution in [1.29, 1.82) is 0 Å². The Hall–Kier alpha value is -3.48. The third-order valence-corrected chi connectivity index (χ3v) is 4.14. The van der Waals surface area contributed by atoms with Crippen LogP contribution in [0.15, 0.2) is 61.1 Å². The van der Waals surface area contributed by atoms with Crippen LogP contribution < -0.4 is 5.32 Å². The van der Waals surface area contributed by atoms with Gasteiger partial charge >= 0.3 is 0 Å². The van der Waals surface area contributed by atoms with Crippen LogP contribution >= 0.6 is 0 Å². The lowest BCUT2D eigenvalue weighted by Gasteiger charge is -2.04. The molecule has 7 heteroatoms. The van der Waals surface area contributed by atoms with Gasteiger partial charge in [0.25, 0.3) is 5.91 Å². The SMILES string of the molecule is O=C(Nc1nn(Cc2ccc(CF)cc2)c2ccccc12)c1cnc[nH]1. The largest absolute Gasteiger partial charge is 0.341 e. The van der Waals surface area contributed by atoms with Crippen molar-refractivity contribution in [1.82, 2.24) is 19.7 Å². The molecule has 2 aromatic heterocycles. The highest BCUT2D eigenvalue weighted by Gasteiger charge is 2.14. The molecule has 4 aromatic rings. The smallest absolute Gasteiger partial charge is 0.274 e. The number of amides is 1. The Labute approximate surface area is 148 Å². The number of aromatic nitrogens is 4. The number of para-hydroxylation sites is 1. The van der Waals surface area contributed by atoms with Crippen LogP contribution in [0, 0.1) is 0 Å². The number of hydrogen-bond acceptors (Lipinski definition) is 3. The first-order valence-corrected chi connectivity index (χ1v) is 8.13. The molecule has 0 saturated carbocycles. The van der Waals surface area contributed by atoms with Gasteiger partial charge in [0, 0.05) is 5.39 Å². The Balaban J connectivity index is 1.66. The van der Waals surface area contributed by atoms with Crippen molar-refractivity contribution >= 4 is 22.6 Å². The van der Waals surface area contributed by atoms with Crippen LogP contribution in [0.4, 0.5) is 10.2 Å². The summed E-state index contributed by atoms with van der Waals surface area (Å²) < 4.78 is 14.5. The van der Waals surface area contributed by atoms with E-state index in [4.69, 9.17) is 0 Å². The summed E-state index contributed by atoms with van der Waals surface area (Å²) in [7, 11) is 0. The van der Waals surface area contributed by atoms with Gasteiger partial charge in [0.05, 0.1) is 24.6 Å². The van der Waals surface area contributed by atoms with Crippen LogP contribution in [0.3, 0.4) is 0 Å². The Morgan fingerprint density at radius 1 is 1.12 bits per heavy atom. The van der Waals surface area contributed by atoms with Crippen LogP contribution in [0.25, 0.3) is 10.9 Å². The number of hydrogen-bond donors (Lipinski definition) is 2. The summed E-state index contributed by atoms with van der Waals surface area (Å²) in [6.07, 6.45) is 2.91. The minimum Gasteiger partial charge on any atom is -0.341 e. The fourth-order valence-corrected chi connectivity index (χ4v) is 2.80. The molecule has 0 aliphatic carbocycles. The van der Waals surface area contributed by atoms with Gasteiger partial charge < -0.3 is 10.3 Å². The maximum absolute atomic E-state index is 12.7. The molecule has 130 valence electrons. The predicted octanol–water partition coefficient (Wildman–Crippen LogP) is 3.53. The Bertz CT molecular complexity index is 1040. The lowest BCUT2D eigenvalue weighted by Crippen LogP contribution is -2.13. The summed E-state index contributed by atoms with van der Waals surface area (Å²) in [4.78, 5) is 18.9. The average molecular weight is 349 g/mol. The van der Waals surface area contributed by atoms with Crippen LogP contribution in [-0.2, 0) is 13.2 Å². The van der Waals surface area contributed by atoms with E-state index in [9.17, 15) is 9.18 Å². The van der Waals surface area contributed by atoms with Crippen molar-refractivity contribution in [2.75, 3.05) is 5.32 Å². The van der Waals surface area contributed by atoms with Gasteiger partial charge in [0.15, 0.2) is 5.82 Å². The highest BCUT2D eigenvalue weighted by Crippen LogP contribution is 2.24. The number of alkyl halides is 1. The molecule has 0 fully saturated rings. The van der Waals surface area contributed by atoms with E-state index in [0.29, 0.717) is 23.6 Å². The summed E-state index contributed by atoms with van der Waals surface area (Å²) in [5, 5.41) is 8.22. The molecule has 2 heterocycles. The van der Waals surface area contributed by atoms with E-state index in [1.807, 2.05) is 41.1 Å². The van der Waals surface area contributed by atoms with Gasteiger partial charge in [-0.2, -0.15) is 5.10 Å². The van der Waals surface area contributed by atoms with Gasteiger partial charge in [-0.3, -0.25) is 9.48 Å². The molecule has 0 spiro atoms. The lowest BCUT2D eigenvalue weighted by molar-refractivity contribution is 0.102. The molecule has 2 aromatic carbocycles. The molecule has 6 nitrogen and oxygen atoms in total. The number of aromatic amines is 1. The summed E-state index contributed by atoms with van der Waals surface area (Å²) >= 11 is 0. The topological polar surface area (TPSA) is 75.6 Å². The third kappa shape index (κ3) is 3.06. The number of H-pyrrole nitrogens is 1. The van der Waals surface area contributed by atoms with Crippen molar-refractivity contribution in [2.45, 2.75) is 13.2 Å². The number of fused-ring (bicyclic) bond motifs is 1. The third-order valence-electron chi connectivity index (χ3n) is 4.14. The summed E-state index contributed by atoms with van der Waals surface area (Å²) in [5.74, 6) is 0.186. The van der Waals surface area contributed by atoms with Gasteiger partial charge in [0.1, 0.15) is 12.4 Å². The van der Waals surface area contributed by atoms with Crippen LogP contribution in [0.2, 0.25) is 0 Å². The van der Waals surface area contributed by atoms with Gasteiger partial charge in [-0.25, -0.2) is 9.37 Å². The number of anilines is 1. The Kier molecular flexibility index (Phi) is 4.18. The molecule has 0 atom stereocenters. The monoisotopic (exact) mass is 349 g/mol. The van der Waals surface area contributed by atoms with E-state index in [1.54, 1.807) is 12.1 Å². The van der Waals surface area contributed by atoms with E-state index < -0.39 is 6.67 Å². The van der Waals surface area contributed by atoms with Gasteiger partial charge in [-0.05, 0) is 23.3 Å². The van der Waals surface area contributed by atoms with Crippen molar-refractivity contribution < 1.29 is 9.18 Å². The summed E-state index contributed by atoms with van der Waals surface area (Å²) in [6, 6.07) is 15.0. The first-order chi connectivity index (χ1) is 12.7. The molecule has 0 saturated heterocycles. The second kappa shape index (κ2) is 6.79. The van der Waals surface area contributed by atoms with Crippen molar-refractivity contribution in [2.24, 2.45) is 0 Å². The van der Waals surface area contributed by atoms with Crippen molar-refractivity contribution in [3.05, 3.63) is 77.9 Å². The zero-order valence-corrected chi connectivity index (χ0v) is 13.8. The zero-order chi connectivity index (χ0) is 17.9. The first kappa shape index (κ1) is 16.0. The number of carbonyl (C=O) groups excluding carboxylic acids is 1. The maximum Gasteiger partial charge on any atom is 0.274 e. The Morgan fingerprint density at radius 3 is 2.62 bits per heavy atom. The van der Waals surface area contributed by atoms with Gasteiger partial charge in [0.2, 0.25) is 0 Å². The maximum atomic E-state index is 12.7. The molecule has 0 radical (unpaired) electrons. The van der Waals surface area contributed by atoms with Crippen molar-refractivity contribution in [3.63, 3.8) is 0 Å². The van der Waals surface area contributed by atoms with Gasteiger partial charge in [-0.1, -0.05) is 36.4 Å². The van der Waals surface area contributed by atoms with E-state index >= 15 is 0 Å². The fraction of sp³-hybridized carbons (Fsp3) is 0.105. The number of imidazole rings is 1. The predicted molar refractivity (Wildman–Crippen MR) is 96.6 cm³/mol. The average Bonchev–Trinajstić information content (AvgIpc) is 3.32. The van der Waals surface area contributed by atoms with E-state index in [2.05, 4.69) is 20.4 Å². The standard InChI is InChI=1S/C19H16FN5O/c20-9-13-5-7-14(8-6-13)11-25-17-4-2-1-3-15(17)18(24-25)23-19(26)16-10-21-12-22-16/h1-8,10,12H,9,11H2,(H,21,22)(H,23,24,26). The molecule has 2 N–H and O–H groups in total. The summed E-state index contributed by atoms with van der Waals surface area (Å²) in [6.45, 7) is 0.0434. The second-order valence-electron chi connectivity index (χ2n) is 5.89. The molecule has 4 rings (SSSR count). The number of carbonyl (C=O) groups is 1. The molecule has 0 aliphatic rings.